The number of hydrogen-bond acceptors (Lipinski definition) is 7. The Labute approximate surface area is 234 Å². The van der Waals surface area contributed by atoms with Crippen LogP contribution in [0.25, 0.3) is 39.4 Å². The SMILES string of the molecule is COC1CN(Cc2cc3ncn(-c4cc(-c5ccc(F)cc5-c5nc(C#N)cn5C)cc(C5CC5)n4)c(=O)c3[nH]2)C1. The third-order valence-corrected chi connectivity index (χ3v) is 7.85. The fraction of sp³-hybridized carbons (Fsp3) is 0.300. The number of nitriles is 1. The molecule has 41 heavy (non-hydrogen) atoms. The molecule has 1 saturated carbocycles. The van der Waals surface area contributed by atoms with Crippen LogP contribution in [0, 0.1) is 17.1 Å². The molecule has 0 unspecified atom stereocenters. The van der Waals surface area contributed by atoms with E-state index in [0.29, 0.717) is 40.7 Å². The maximum Gasteiger partial charge on any atom is 0.283 e. The smallest absolute Gasteiger partial charge is 0.283 e. The summed E-state index contributed by atoms with van der Waals surface area (Å²) in [6, 6.07) is 12.3. The number of nitrogens with zero attached hydrogens (tertiary/aromatic N) is 7. The van der Waals surface area contributed by atoms with E-state index in [2.05, 4.69) is 19.9 Å². The molecule has 1 aliphatic carbocycles. The fourth-order valence-corrected chi connectivity index (χ4v) is 5.47. The van der Waals surface area contributed by atoms with E-state index in [9.17, 15) is 14.4 Å². The summed E-state index contributed by atoms with van der Waals surface area (Å²) < 4.78 is 23.0. The van der Waals surface area contributed by atoms with E-state index in [0.717, 1.165) is 48.4 Å². The van der Waals surface area contributed by atoms with Crippen LogP contribution in [-0.2, 0) is 18.3 Å². The Morgan fingerprint density at radius 3 is 2.71 bits per heavy atom. The highest BCUT2D eigenvalue weighted by Gasteiger charge is 2.28. The van der Waals surface area contributed by atoms with Crippen LogP contribution >= 0.6 is 0 Å². The number of likely N-dealkylation sites (tertiary alicyclic amines) is 1. The number of hydrogen-bond donors (Lipinski definition) is 1. The van der Waals surface area contributed by atoms with E-state index >= 15 is 0 Å². The minimum Gasteiger partial charge on any atom is -0.379 e. The van der Waals surface area contributed by atoms with Crippen LogP contribution < -0.4 is 5.56 Å². The minimum atomic E-state index is -0.411. The van der Waals surface area contributed by atoms with Gasteiger partial charge in [-0.05, 0) is 54.3 Å². The van der Waals surface area contributed by atoms with E-state index in [4.69, 9.17) is 9.72 Å². The second-order valence-electron chi connectivity index (χ2n) is 10.8. The Hall–Kier alpha value is -4.66. The Morgan fingerprint density at radius 2 is 1.98 bits per heavy atom. The number of ether oxygens (including phenoxy) is 1. The average Bonchev–Trinajstić information content (AvgIpc) is 3.61. The van der Waals surface area contributed by atoms with Crippen molar-refractivity contribution in [1.82, 2.24) is 34.0 Å². The minimum absolute atomic E-state index is 0.242. The van der Waals surface area contributed by atoms with Gasteiger partial charge >= 0.3 is 0 Å². The Morgan fingerprint density at radius 1 is 1.15 bits per heavy atom. The predicted octanol–water partition coefficient (Wildman–Crippen LogP) is 3.90. The predicted molar refractivity (Wildman–Crippen MR) is 150 cm³/mol. The Balaban J connectivity index is 1.32. The lowest BCUT2D eigenvalue weighted by molar-refractivity contribution is -0.0338. The van der Waals surface area contributed by atoms with E-state index in [-0.39, 0.29) is 17.4 Å². The van der Waals surface area contributed by atoms with Crippen molar-refractivity contribution in [3.8, 4) is 34.4 Å². The summed E-state index contributed by atoms with van der Waals surface area (Å²) in [5.74, 6) is 0.804. The van der Waals surface area contributed by atoms with E-state index in [1.54, 1.807) is 31.0 Å². The highest BCUT2D eigenvalue weighted by atomic mass is 19.1. The third kappa shape index (κ3) is 4.61. The van der Waals surface area contributed by atoms with Crippen LogP contribution in [0.4, 0.5) is 4.39 Å². The molecule has 0 bridgehead atoms. The molecule has 1 N–H and O–H groups in total. The van der Waals surface area contributed by atoms with Gasteiger partial charge in [0, 0.05) is 62.9 Å². The lowest BCUT2D eigenvalue weighted by Gasteiger charge is -2.37. The largest absolute Gasteiger partial charge is 0.379 e. The number of nitrogens with one attached hydrogen (secondary N) is 1. The third-order valence-electron chi connectivity index (χ3n) is 7.85. The molecule has 10 nitrogen and oxygen atoms in total. The molecule has 0 radical (unpaired) electrons. The molecule has 11 heteroatoms. The fourth-order valence-electron chi connectivity index (χ4n) is 5.47. The monoisotopic (exact) mass is 550 g/mol. The van der Waals surface area contributed by atoms with Gasteiger partial charge in [0.25, 0.3) is 5.56 Å². The van der Waals surface area contributed by atoms with E-state index in [1.165, 1.54) is 23.0 Å². The average molecular weight is 551 g/mol. The van der Waals surface area contributed by atoms with Crippen LogP contribution in [0.1, 0.15) is 35.8 Å². The van der Waals surface area contributed by atoms with Crippen molar-refractivity contribution in [2.75, 3.05) is 20.2 Å². The summed E-state index contributed by atoms with van der Waals surface area (Å²) in [6.07, 6.45) is 5.41. The van der Waals surface area contributed by atoms with Crippen LogP contribution in [0.15, 0.2) is 53.7 Å². The molecular formula is C30H27FN8O2. The van der Waals surface area contributed by atoms with Crippen LogP contribution in [-0.4, -0.2) is 60.3 Å². The van der Waals surface area contributed by atoms with Gasteiger partial charge in [-0.15, -0.1) is 0 Å². The number of fused-ring (bicyclic) bond motifs is 1. The Bertz CT molecular complexity index is 1910. The van der Waals surface area contributed by atoms with Crippen molar-refractivity contribution in [2.45, 2.75) is 31.4 Å². The summed E-state index contributed by atoms with van der Waals surface area (Å²) in [7, 11) is 3.49. The van der Waals surface area contributed by atoms with Crippen LogP contribution in [0.3, 0.4) is 0 Å². The van der Waals surface area contributed by atoms with Crippen LogP contribution in [0.2, 0.25) is 0 Å². The number of benzene rings is 1. The number of H-pyrrole nitrogens is 1. The van der Waals surface area contributed by atoms with Gasteiger partial charge in [-0.3, -0.25) is 9.69 Å². The zero-order valence-corrected chi connectivity index (χ0v) is 22.6. The number of imidazole rings is 1. The van der Waals surface area contributed by atoms with Crippen molar-refractivity contribution in [3.05, 3.63) is 82.2 Å². The molecule has 4 aromatic heterocycles. The summed E-state index contributed by atoms with van der Waals surface area (Å²) in [4.78, 5) is 33.0. The number of methoxy groups -OCH3 is 1. The molecular weight excluding hydrogens is 523 g/mol. The van der Waals surface area contributed by atoms with E-state index < -0.39 is 5.82 Å². The first-order chi connectivity index (χ1) is 19.9. The number of aryl methyl sites for hydroxylation is 1. The first kappa shape index (κ1) is 25.3. The highest BCUT2D eigenvalue weighted by molar-refractivity contribution is 5.82. The van der Waals surface area contributed by atoms with Crippen molar-refractivity contribution in [2.24, 2.45) is 7.05 Å². The first-order valence-corrected chi connectivity index (χ1v) is 13.5. The maximum atomic E-state index is 14.5. The van der Waals surface area contributed by atoms with Gasteiger partial charge < -0.3 is 14.3 Å². The van der Waals surface area contributed by atoms with Crippen LogP contribution in [0.5, 0.6) is 0 Å². The van der Waals surface area contributed by atoms with E-state index in [1.807, 2.05) is 24.3 Å². The molecule has 2 aliphatic rings. The second kappa shape index (κ2) is 9.76. The van der Waals surface area contributed by atoms with Gasteiger partial charge in [0.05, 0.1) is 11.6 Å². The van der Waals surface area contributed by atoms with Gasteiger partial charge in [0.15, 0.2) is 5.69 Å². The molecule has 5 aromatic rings. The summed E-state index contributed by atoms with van der Waals surface area (Å²) in [6.45, 7) is 2.39. The van der Waals surface area contributed by atoms with Crippen molar-refractivity contribution in [1.29, 1.82) is 5.26 Å². The molecule has 1 aromatic carbocycles. The molecule has 0 spiro atoms. The first-order valence-electron chi connectivity index (χ1n) is 13.5. The number of aromatic amines is 1. The summed E-state index contributed by atoms with van der Waals surface area (Å²) in [5.41, 5.74) is 4.86. The molecule has 7 rings (SSSR count). The van der Waals surface area contributed by atoms with Gasteiger partial charge in [0.2, 0.25) is 0 Å². The number of pyridine rings is 1. The van der Waals surface area contributed by atoms with Crippen molar-refractivity contribution >= 4 is 11.0 Å². The van der Waals surface area contributed by atoms with Gasteiger partial charge in [-0.1, -0.05) is 6.07 Å². The summed E-state index contributed by atoms with van der Waals surface area (Å²) >= 11 is 0. The zero-order chi connectivity index (χ0) is 28.2. The number of rotatable bonds is 7. The second-order valence-corrected chi connectivity index (χ2v) is 10.8. The normalized spacial score (nSPS) is 15.8. The molecule has 1 aliphatic heterocycles. The van der Waals surface area contributed by atoms with Gasteiger partial charge in [0.1, 0.15) is 35.4 Å². The molecule has 0 amide bonds. The molecule has 1 saturated heterocycles. The van der Waals surface area contributed by atoms with Gasteiger partial charge in [-0.25, -0.2) is 23.9 Å². The number of aromatic nitrogens is 6. The van der Waals surface area contributed by atoms with Crippen molar-refractivity contribution < 1.29 is 9.13 Å². The highest BCUT2D eigenvalue weighted by Crippen LogP contribution is 2.42. The molecule has 206 valence electrons. The number of halogens is 1. The zero-order valence-electron chi connectivity index (χ0n) is 22.6. The molecule has 0 atom stereocenters. The summed E-state index contributed by atoms with van der Waals surface area (Å²) in [5, 5.41) is 9.36. The Kier molecular flexibility index (Phi) is 6.03. The van der Waals surface area contributed by atoms with Crippen molar-refractivity contribution in [3.63, 3.8) is 0 Å². The standard InChI is InChI=1S/C30H27FN8O2/c1-37-12-21(11-32)35-29(37)24-9-19(31)5-6-23(24)18-7-25(17-3-4-17)36-27(8-18)39-16-33-26-10-20(34-28(26)30(39)40)13-38-14-22(15-38)41-2/h5-10,12,16-17,22,34H,3-4,13-15H2,1-2H3. The quantitative estimate of drug-likeness (QED) is 0.327. The molecule has 5 heterocycles. The van der Waals surface area contributed by atoms with Gasteiger partial charge in [-0.2, -0.15) is 5.26 Å². The lowest BCUT2D eigenvalue weighted by Crippen LogP contribution is -2.50. The lowest BCUT2D eigenvalue weighted by atomic mass is 9.98. The topological polar surface area (TPSA) is 118 Å². The molecule has 2 fully saturated rings. The maximum absolute atomic E-state index is 14.5.